The number of hydrogen-bond acceptors (Lipinski definition) is 6. The van der Waals surface area contributed by atoms with Crippen LogP contribution in [-0.4, -0.2) is 35.7 Å². The van der Waals surface area contributed by atoms with Gasteiger partial charge < -0.3 is 25.5 Å². The molecule has 1 aromatic heterocycles. The SMILES string of the molecule is C[C@@H]1CN(c2ccc(N)c([N+](=O)[O-])n2)CCCO1. The summed E-state index contributed by atoms with van der Waals surface area (Å²) in [5.74, 6) is 0.290. The Morgan fingerprint density at radius 2 is 2.39 bits per heavy atom. The molecule has 1 atom stereocenters. The lowest BCUT2D eigenvalue weighted by Crippen LogP contribution is -2.30. The number of nitrogen functional groups attached to an aromatic ring is 1. The molecule has 7 heteroatoms. The number of ether oxygens (including phenoxy) is 1. The topological polar surface area (TPSA) is 94.5 Å². The van der Waals surface area contributed by atoms with E-state index in [9.17, 15) is 10.1 Å². The first kappa shape index (κ1) is 12.6. The Kier molecular flexibility index (Phi) is 3.61. The predicted molar refractivity (Wildman–Crippen MR) is 67.5 cm³/mol. The molecule has 1 aliphatic rings. The van der Waals surface area contributed by atoms with Crippen molar-refractivity contribution in [2.75, 3.05) is 30.3 Å². The highest BCUT2D eigenvalue weighted by Crippen LogP contribution is 2.23. The number of rotatable bonds is 2. The number of nitrogens with zero attached hydrogens (tertiary/aromatic N) is 3. The summed E-state index contributed by atoms with van der Waals surface area (Å²) in [6, 6.07) is 3.23. The molecule has 1 aromatic rings. The van der Waals surface area contributed by atoms with Gasteiger partial charge in [0.1, 0.15) is 5.69 Å². The van der Waals surface area contributed by atoms with Gasteiger partial charge in [-0.15, -0.1) is 0 Å². The van der Waals surface area contributed by atoms with Gasteiger partial charge in [-0.3, -0.25) is 0 Å². The third kappa shape index (κ3) is 2.67. The summed E-state index contributed by atoms with van der Waals surface area (Å²) in [6.07, 6.45) is 0.968. The quantitative estimate of drug-likeness (QED) is 0.627. The van der Waals surface area contributed by atoms with E-state index >= 15 is 0 Å². The molecule has 2 heterocycles. The van der Waals surface area contributed by atoms with Crippen molar-refractivity contribution in [2.24, 2.45) is 0 Å². The molecule has 1 aliphatic heterocycles. The van der Waals surface area contributed by atoms with Crippen LogP contribution in [0.2, 0.25) is 0 Å². The number of hydrogen-bond donors (Lipinski definition) is 1. The fraction of sp³-hybridized carbons (Fsp3) is 0.545. The molecular formula is C11H16N4O3. The number of pyridine rings is 1. The molecule has 0 radical (unpaired) electrons. The van der Waals surface area contributed by atoms with E-state index in [1.54, 1.807) is 6.07 Å². The minimum atomic E-state index is -0.559. The largest absolute Gasteiger partial charge is 0.392 e. The molecule has 0 saturated carbocycles. The smallest absolute Gasteiger partial charge is 0.388 e. The number of aromatic nitrogens is 1. The van der Waals surface area contributed by atoms with E-state index in [2.05, 4.69) is 4.98 Å². The third-order valence-electron chi connectivity index (χ3n) is 2.84. The summed E-state index contributed by atoms with van der Waals surface area (Å²) in [4.78, 5) is 16.3. The lowest BCUT2D eigenvalue weighted by atomic mass is 10.3. The molecular weight excluding hydrogens is 236 g/mol. The molecule has 1 saturated heterocycles. The highest BCUT2D eigenvalue weighted by molar-refractivity contribution is 5.58. The van der Waals surface area contributed by atoms with Gasteiger partial charge in [0.15, 0.2) is 0 Å². The molecule has 0 aliphatic carbocycles. The molecule has 0 bridgehead atoms. The van der Waals surface area contributed by atoms with Crippen LogP contribution in [0.1, 0.15) is 13.3 Å². The van der Waals surface area contributed by atoms with E-state index in [1.807, 2.05) is 11.8 Å². The van der Waals surface area contributed by atoms with Crippen molar-refractivity contribution in [3.05, 3.63) is 22.2 Å². The predicted octanol–water partition coefficient (Wildman–Crippen LogP) is 1.19. The van der Waals surface area contributed by atoms with Gasteiger partial charge in [-0.05, 0) is 29.3 Å². The Labute approximate surface area is 105 Å². The van der Waals surface area contributed by atoms with Crippen LogP contribution in [0.15, 0.2) is 12.1 Å². The molecule has 2 N–H and O–H groups in total. The molecule has 0 unspecified atom stereocenters. The van der Waals surface area contributed by atoms with Crippen molar-refractivity contribution < 1.29 is 9.66 Å². The average molecular weight is 252 g/mol. The first-order chi connectivity index (χ1) is 8.58. The van der Waals surface area contributed by atoms with E-state index in [0.717, 1.165) is 13.0 Å². The zero-order valence-electron chi connectivity index (χ0n) is 10.2. The fourth-order valence-corrected chi connectivity index (χ4v) is 1.97. The van der Waals surface area contributed by atoms with Gasteiger partial charge in [0.2, 0.25) is 5.82 Å². The van der Waals surface area contributed by atoms with Gasteiger partial charge in [0.05, 0.1) is 6.10 Å². The Bertz CT molecular complexity index is 452. The second-order valence-corrected chi connectivity index (χ2v) is 4.32. The summed E-state index contributed by atoms with van der Waals surface area (Å²) >= 11 is 0. The number of nitro groups is 1. The highest BCUT2D eigenvalue weighted by atomic mass is 16.6. The van der Waals surface area contributed by atoms with Gasteiger partial charge in [-0.25, -0.2) is 0 Å². The highest BCUT2D eigenvalue weighted by Gasteiger charge is 2.22. The third-order valence-corrected chi connectivity index (χ3v) is 2.84. The molecule has 0 spiro atoms. The maximum atomic E-state index is 10.8. The average Bonchev–Trinajstić information content (AvgIpc) is 2.54. The van der Waals surface area contributed by atoms with Crippen LogP contribution >= 0.6 is 0 Å². The first-order valence-corrected chi connectivity index (χ1v) is 5.85. The van der Waals surface area contributed by atoms with Gasteiger partial charge in [-0.2, -0.15) is 0 Å². The van der Waals surface area contributed by atoms with Crippen LogP contribution in [0.5, 0.6) is 0 Å². The number of anilines is 2. The summed E-state index contributed by atoms with van der Waals surface area (Å²) in [5.41, 5.74) is 5.62. The minimum Gasteiger partial charge on any atom is -0.392 e. The van der Waals surface area contributed by atoms with E-state index in [0.29, 0.717) is 19.0 Å². The van der Waals surface area contributed by atoms with Crippen LogP contribution in [0.3, 0.4) is 0 Å². The molecule has 0 aromatic carbocycles. The van der Waals surface area contributed by atoms with Crippen molar-refractivity contribution in [2.45, 2.75) is 19.4 Å². The van der Waals surface area contributed by atoms with Crippen LogP contribution in [0, 0.1) is 10.1 Å². The molecule has 98 valence electrons. The van der Waals surface area contributed by atoms with Crippen molar-refractivity contribution >= 4 is 17.3 Å². The van der Waals surface area contributed by atoms with Crippen LogP contribution < -0.4 is 10.6 Å². The van der Waals surface area contributed by atoms with E-state index in [-0.39, 0.29) is 17.6 Å². The molecule has 0 amide bonds. The van der Waals surface area contributed by atoms with Crippen molar-refractivity contribution in [1.29, 1.82) is 0 Å². The minimum absolute atomic E-state index is 0.0860. The normalized spacial score (nSPS) is 20.5. The summed E-state index contributed by atoms with van der Waals surface area (Å²) in [7, 11) is 0. The lowest BCUT2D eigenvalue weighted by molar-refractivity contribution is -0.388. The van der Waals surface area contributed by atoms with Crippen LogP contribution in [-0.2, 0) is 4.74 Å². The summed E-state index contributed by atoms with van der Waals surface area (Å²) < 4.78 is 5.53. The number of nitrogens with two attached hydrogens (primary N) is 1. The van der Waals surface area contributed by atoms with Crippen molar-refractivity contribution in [1.82, 2.24) is 4.98 Å². The Morgan fingerprint density at radius 1 is 1.61 bits per heavy atom. The Balaban J connectivity index is 2.26. The van der Waals surface area contributed by atoms with E-state index in [4.69, 9.17) is 10.5 Å². The fourth-order valence-electron chi connectivity index (χ4n) is 1.97. The Hall–Kier alpha value is -1.89. The zero-order valence-corrected chi connectivity index (χ0v) is 10.2. The first-order valence-electron chi connectivity index (χ1n) is 5.85. The second-order valence-electron chi connectivity index (χ2n) is 4.32. The molecule has 7 nitrogen and oxygen atoms in total. The van der Waals surface area contributed by atoms with E-state index < -0.39 is 4.92 Å². The van der Waals surface area contributed by atoms with Gasteiger partial charge >= 0.3 is 5.82 Å². The maximum absolute atomic E-state index is 10.8. The van der Waals surface area contributed by atoms with Crippen molar-refractivity contribution in [3.8, 4) is 0 Å². The summed E-state index contributed by atoms with van der Waals surface area (Å²) in [5, 5.41) is 10.8. The molecule has 1 fully saturated rings. The van der Waals surface area contributed by atoms with Gasteiger partial charge in [0, 0.05) is 25.8 Å². The zero-order chi connectivity index (χ0) is 13.1. The lowest BCUT2D eigenvalue weighted by Gasteiger charge is -2.20. The standard InChI is InChI=1S/C11H16N4O3/c1-8-7-14(5-2-6-18-8)10-4-3-9(12)11(13-10)15(16)17/h3-4,8H,2,5-7,12H2,1H3/t8-/m1/s1. The second kappa shape index (κ2) is 5.18. The Morgan fingerprint density at radius 3 is 3.11 bits per heavy atom. The van der Waals surface area contributed by atoms with Crippen LogP contribution in [0.4, 0.5) is 17.3 Å². The molecule has 18 heavy (non-hydrogen) atoms. The van der Waals surface area contributed by atoms with Gasteiger partial charge in [-0.1, -0.05) is 0 Å². The summed E-state index contributed by atoms with van der Waals surface area (Å²) in [6.45, 7) is 4.13. The molecule has 2 rings (SSSR count). The monoisotopic (exact) mass is 252 g/mol. The van der Waals surface area contributed by atoms with Gasteiger partial charge in [0.25, 0.3) is 0 Å². The van der Waals surface area contributed by atoms with E-state index in [1.165, 1.54) is 6.07 Å². The maximum Gasteiger partial charge on any atom is 0.388 e. The van der Waals surface area contributed by atoms with Crippen molar-refractivity contribution in [3.63, 3.8) is 0 Å². The van der Waals surface area contributed by atoms with Crippen LogP contribution in [0.25, 0.3) is 0 Å².